The van der Waals surface area contributed by atoms with E-state index < -0.39 is 34.4 Å². The highest BCUT2D eigenvalue weighted by Gasteiger charge is 2.34. The smallest absolute Gasteiger partial charge is 0.264 e. The Kier molecular flexibility index (Phi) is 10.9. The molecule has 0 saturated carbocycles. The van der Waals surface area contributed by atoms with E-state index in [0.29, 0.717) is 21.3 Å². The average molecular weight is 736 g/mol. The number of hydrogen-bond acceptors (Lipinski definition) is 4. The van der Waals surface area contributed by atoms with Gasteiger partial charge < -0.3 is 10.2 Å². The van der Waals surface area contributed by atoms with Crippen LogP contribution in [0.15, 0.2) is 108 Å². The summed E-state index contributed by atoms with van der Waals surface area (Å²) < 4.78 is 29.8. The molecule has 0 radical (unpaired) electrons. The van der Waals surface area contributed by atoms with Gasteiger partial charge in [0.1, 0.15) is 12.6 Å². The van der Waals surface area contributed by atoms with Gasteiger partial charge in [-0.1, -0.05) is 77.8 Å². The molecule has 1 atom stereocenters. The second-order valence-electron chi connectivity index (χ2n) is 9.38. The fraction of sp³-hybridized carbons (Fsp3) is 0.161. The van der Waals surface area contributed by atoms with E-state index in [0.717, 1.165) is 13.4 Å². The van der Waals surface area contributed by atoms with Crippen molar-refractivity contribution in [3.8, 4) is 0 Å². The summed E-state index contributed by atoms with van der Waals surface area (Å²) in [5, 5.41) is 3.40. The van der Waals surface area contributed by atoms with Crippen molar-refractivity contribution < 1.29 is 18.0 Å². The molecule has 218 valence electrons. The van der Waals surface area contributed by atoms with E-state index in [1.807, 2.05) is 30.3 Å². The molecule has 0 aliphatic heterocycles. The van der Waals surface area contributed by atoms with E-state index in [-0.39, 0.29) is 17.9 Å². The van der Waals surface area contributed by atoms with Crippen molar-refractivity contribution in [1.82, 2.24) is 10.2 Å². The Morgan fingerprint density at radius 1 is 0.881 bits per heavy atom. The van der Waals surface area contributed by atoms with Gasteiger partial charge in [0.2, 0.25) is 11.8 Å². The minimum Gasteiger partial charge on any atom is -0.357 e. The van der Waals surface area contributed by atoms with Gasteiger partial charge in [0.15, 0.2) is 0 Å². The van der Waals surface area contributed by atoms with Gasteiger partial charge >= 0.3 is 0 Å². The second kappa shape index (κ2) is 14.4. The predicted molar refractivity (Wildman–Crippen MR) is 175 cm³/mol. The number of anilines is 1. The molecule has 1 N–H and O–H groups in total. The number of hydrogen-bond donors (Lipinski definition) is 1. The van der Waals surface area contributed by atoms with Gasteiger partial charge in [-0.15, -0.1) is 0 Å². The third-order valence-electron chi connectivity index (χ3n) is 6.60. The molecule has 0 heterocycles. The van der Waals surface area contributed by atoms with Crippen molar-refractivity contribution in [2.75, 3.05) is 17.9 Å². The average Bonchev–Trinajstić information content (AvgIpc) is 2.99. The zero-order valence-electron chi connectivity index (χ0n) is 22.6. The first-order valence-electron chi connectivity index (χ1n) is 12.9. The van der Waals surface area contributed by atoms with Crippen LogP contribution < -0.4 is 9.62 Å². The lowest BCUT2D eigenvalue weighted by Crippen LogP contribution is -2.53. The molecule has 11 heteroatoms. The minimum atomic E-state index is -4.15. The molecule has 0 spiro atoms. The molecule has 0 bridgehead atoms. The van der Waals surface area contributed by atoms with Crippen molar-refractivity contribution in [3.05, 3.63) is 128 Å². The predicted octanol–water partition coefficient (Wildman–Crippen LogP) is 6.18. The largest absolute Gasteiger partial charge is 0.357 e. The maximum absolute atomic E-state index is 14.3. The SMILES string of the molecule is CNC(=O)[C@@H](Cc1ccccc1)N(Cc1ccc(Cl)cc1Cl)C(=O)CN(c1ccc(I)cc1)S(=O)(=O)c1ccccc1. The fourth-order valence-electron chi connectivity index (χ4n) is 4.41. The number of sulfonamides is 1. The lowest BCUT2D eigenvalue weighted by Gasteiger charge is -2.33. The molecule has 0 fully saturated rings. The quantitative estimate of drug-likeness (QED) is 0.187. The van der Waals surface area contributed by atoms with Gasteiger partial charge in [-0.25, -0.2) is 8.42 Å². The summed E-state index contributed by atoms with van der Waals surface area (Å²) >= 11 is 14.7. The van der Waals surface area contributed by atoms with E-state index >= 15 is 0 Å². The number of likely N-dealkylation sites (N-methyl/N-ethyl adjacent to an activating group) is 1. The van der Waals surface area contributed by atoms with Crippen molar-refractivity contribution in [2.24, 2.45) is 0 Å². The molecular weight excluding hydrogens is 708 g/mol. The summed E-state index contributed by atoms with van der Waals surface area (Å²) in [7, 11) is -2.66. The van der Waals surface area contributed by atoms with Crippen LogP contribution in [0, 0.1) is 3.57 Å². The van der Waals surface area contributed by atoms with E-state index in [1.54, 1.807) is 60.7 Å². The Bertz CT molecular complexity index is 1640. The maximum atomic E-state index is 14.3. The van der Waals surface area contributed by atoms with Gasteiger partial charge in [-0.3, -0.25) is 13.9 Å². The minimum absolute atomic E-state index is 0.0378. The van der Waals surface area contributed by atoms with Crippen LogP contribution in [0.3, 0.4) is 0 Å². The van der Waals surface area contributed by atoms with Crippen LogP contribution in [0.2, 0.25) is 10.0 Å². The highest BCUT2D eigenvalue weighted by Crippen LogP contribution is 2.27. The van der Waals surface area contributed by atoms with Gasteiger partial charge in [0, 0.05) is 33.6 Å². The number of rotatable bonds is 11. The monoisotopic (exact) mass is 735 g/mol. The fourth-order valence-corrected chi connectivity index (χ4v) is 6.67. The van der Waals surface area contributed by atoms with E-state index in [9.17, 15) is 18.0 Å². The number of nitrogens with zero attached hydrogens (tertiary/aromatic N) is 2. The molecular formula is C31H28Cl2IN3O4S. The molecule has 4 rings (SSSR count). The summed E-state index contributed by atoms with van der Waals surface area (Å²) in [5.41, 5.74) is 1.71. The van der Waals surface area contributed by atoms with E-state index in [4.69, 9.17) is 23.2 Å². The number of nitrogens with one attached hydrogen (secondary N) is 1. The van der Waals surface area contributed by atoms with Crippen LogP contribution in [0.25, 0.3) is 0 Å². The third kappa shape index (κ3) is 7.83. The Hall–Kier alpha value is -3.12. The molecule has 0 aliphatic rings. The molecule has 0 unspecified atom stereocenters. The molecule has 0 aliphatic carbocycles. The molecule has 0 saturated heterocycles. The standard InChI is InChI=1S/C31H28Cl2IN3O4S/c1-35-31(39)29(18-22-8-4-2-5-9-22)36(20-23-12-13-24(32)19-28(23)33)30(38)21-37(26-16-14-25(34)15-17-26)42(40,41)27-10-6-3-7-11-27/h2-17,19,29H,18,20-21H2,1H3,(H,35,39)/t29-/m1/s1. The molecule has 4 aromatic carbocycles. The summed E-state index contributed by atoms with van der Waals surface area (Å²) in [6.45, 7) is -0.600. The van der Waals surface area contributed by atoms with Gasteiger partial charge in [0.25, 0.3) is 10.0 Å². The first-order chi connectivity index (χ1) is 20.1. The van der Waals surface area contributed by atoms with Crippen LogP contribution in [-0.2, 0) is 32.6 Å². The van der Waals surface area contributed by atoms with Gasteiger partial charge in [0.05, 0.1) is 10.6 Å². The van der Waals surface area contributed by atoms with Crippen LogP contribution in [0.4, 0.5) is 5.69 Å². The normalized spacial score (nSPS) is 11.9. The van der Waals surface area contributed by atoms with Crippen molar-refractivity contribution in [1.29, 1.82) is 0 Å². The zero-order chi connectivity index (χ0) is 30.3. The van der Waals surface area contributed by atoms with Crippen LogP contribution in [0.5, 0.6) is 0 Å². The van der Waals surface area contributed by atoms with Gasteiger partial charge in [-0.05, 0) is 82.2 Å². The lowest BCUT2D eigenvalue weighted by atomic mass is 10.0. The molecule has 7 nitrogen and oxygen atoms in total. The highest BCUT2D eigenvalue weighted by atomic mass is 127. The first-order valence-corrected chi connectivity index (χ1v) is 16.2. The van der Waals surface area contributed by atoms with Crippen LogP contribution >= 0.6 is 45.8 Å². The summed E-state index contributed by atoms with van der Waals surface area (Å²) in [5.74, 6) is -0.979. The molecule has 42 heavy (non-hydrogen) atoms. The van der Waals surface area contributed by atoms with E-state index in [2.05, 4.69) is 27.9 Å². The number of carbonyl (C=O) groups excluding carboxylic acids is 2. The summed E-state index contributed by atoms with van der Waals surface area (Å²) in [6.07, 6.45) is 0.201. The Balaban J connectivity index is 1.79. The number of benzene rings is 4. The number of carbonyl (C=O) groups is 2. The van der Waals surface area contributed by atoms with Crippen LogP contribution in [-0.4, -0.2) is 44.8 Å². The highest BCUT2D eigenvalue weighted by molar-refractivity contribution is 14.1. The molecule has 0 aromatic heterocycles. The zero-order valence-corrected chi connectivity index (χ0v) is 27.1. The summed E-state index contributed by atoms with van der Waals surface area (Å²) in [6, 6.07) is 28.0. The number of halogens is 3. The van der Waals surface area contributed by atoms with Crippen molar-refractivity contribution in [2.45, 2.75) is 23.9 Å². The molecule has 2 amide bonds. The Morgan fingerprint density at radius 2 is 1.50 bits per heavy atom. The third-order valence-corrected chi connectivity index (χ3v) is 9.69. The van der Waals surface area contributed by atoms with Crippen molar-refractivity contribution in [3.63, 3.8) is 0 Å². The topological polar surface area (TPSA) is 86.8 Å². The van der Waals surface area contributed by atoms with Gasteiger partial charge in [-0.2, -0.15) is 0 Å². The summed E-state index contributed by atoms with van der Waals surface area (Å²) in [4.78, 5) is 29.0. The van der Waals surface area contributed by atoms with Crippen LogP contribution in [0.1, 0.15) is 11.1 Å². The Morgan fingerprint density at radius 3 is 2.10 bits per heavy atom. The number of amides is 2. The maximum Gasteiger partial charge on any atom is 0.264 e. The second-order valence-corrected chi connectivity index (χ2v) is 13.3. The Labute approximate surface area is 269 Å². The molecule has 4 aromatic rings. The first kappa shape index (κ1) is 31.8. The van der Waals surface area contributed by atoms with Crippen molar-refractivity contribution >= 4 is 73.3 Å². The van der Waals surface area contributed by atoms with E-state index in [1.165, 1.54) is 24.1 Å². The lowest BCUT2D eigenvalue weighted by molar-refractivity contribution is -0.139.